The van der Waals surface area contributed by atoms with Crippen LogP contribution in [0.15, 0.2) is 16.6 Å². The van der Waals surface area contributed by atoms with Crippen LogP contribution in [0.3, 0.4) is 0 Å². The van der Waals surface area contributed by atoms with Gasteiger partial charge in [-0.2, -0.15) is 0 Å². The molecule has 0 bridgehead atoms. The Balaban J connectivity index is 1.74. The van der Waals surface area contributed by atoms with E-state index in [1.807, 2.05) is 6.07 Å². The number of fused-ring (bicyclic) bond motifs is 5. The van der Waals surface area contributed by atoms with E-state index in [4.69, 9.17) is 0 Å². The molecule has 0 heterocycles. The van der Waals surface area contributed by atoms with E-state index in [0.29, 0.717) is 23.5 Å². The number of aliphatic hydroxyl groups is 1. The summed E-state index contributed by atoms with van der Waals surface area (Å²) >= 11 is 3.57. The third-order valence-electron chi connectivity index (χ3n) is 6.77. The van der Waals surface area contributed by atoms with Crippen LogP contribution in [0.5, 0.6) is 5.75 Å². The number of aliphatic hydroxyl groups excluding tert-OH is 1. The summed E-state index contributed by atoms with van der Waals surface area (Å²) in [5.41, 5.74) is 2.91. The van der Waals surface area contributed by atoms with Crippen molar-refractivity contribution in [3.05, 3.63) is 27.7 Å². The van der Waals surface area contributed by atoms with Crippen LogP contribution in [0.25, 0.3) is 0 Å². The Morgan fingerprint density at radius 2 is 2.00 bits per heavy atom. The number of halogens is 1. The lowest BCUT2D eigenvalue weighted by Crippen LogP contribution is -2.43. The molecule has 0 saturated heterocycles. The number of phenols is 1. The highest BCUT2D eigenvalue weighted by atomic mass is 79.9. The monoisotopic (exact) mass is 350 g/mol. The fraction of sp³-hybridized carbons (Fsp3) is 0.667. The molecule has 0 aliphatic heterocycles. The molecule has 2 saturated carbocycles. The molecule has 3 heteroatoms. The SMILES string of the molecule is C[C@]12CC[C@@H]3c4ccc(O)c(Br)c4CC[C@H]3[C@@H]1CC[C@@H]2O. The molecule has 2 nitrogen and oxygen atoms in total. The van der Waals surface area contributed by atoms with E-state index < -0.39 is 0 Å². The van der Waals surface area contributed by atoms with Gasteiger partial charge in [-0.15, -0.1) is 0 Å². The van der Waals surface area contributed by atoms with E-state index in [1.165, 1.54) is 30.4 Å². The van der Waals surface area contributed by atoms with Crippen LogP contribution in [0, 0.1) is 17.3 Å². The van der Waals surface area contributed by atoms with Crippen molar-refractivity contribution in [2.24, 2.45) is 17.3 Å². The molecule has 1 aromatic rings. The third-order valence-corrected chi connectivity index (χ3v) is 7.66. The largest absolute Gasteiger partial charge is 0.507 e. The summed E-state index contributed by atoms with van der Waals surface area (Å²) in [4.78, 5) is 0. The van der Waals surface area contributed by atoms with Crippen molar-refractivity contribution in [1.82, 2.24) is 0 Å². The van der Waals surface area contributed by atoms with Crippen LogP contribution in [0.1, 0.15) is 56.1 Å². The molecule has 4 rings (SSSR count). The van der Waals surface area contributed by atoms with E-state index in [-0.39, 0.29) is 11.5 Å². The predicted molar refractivity (Wildman–Crippen MR) is 86.4 cm³/mol. The first-order valence-corrected chi connectivity index (χ1v) is 9.00. The maximum absolute atomic E-state index is 10.4. The predicted octanol–water partition coefficient (Wildman–Crippen LogP) is 4.37. The fourth-order valence-corrected chi connectivity index (χ4v) is 6.14. The topological polar surface area (TPSA) is 40.5 Å². The zero-order valence-corrected chi connectivity index (χ0v) is 14.1. The van der Waals surface area contributed by atoms with Gasteiger partial charge in [-0.3, -0.25) is 0 Å². The molecule has 3 aliphatic carbocycles. The van der Waals surface area contributed by atoms with Crippen molar-refractivity contribution in [1.29, 1.82) is 0 Å². The first kappa shape index (κ1) is 14.1. The second kappa shape index (κ2) is 4.73. The Hall–Kier alpha value is -0.540. The molecule has 114 valence electrons. The first-order chi connectivity index (χ1) is 10.0. The summed E-state index contributed by atoms with van der Waals surface area (Å²) in [5.74, 6) is 2.37. The molecule has 3 aliphatic rings. The quantitative estimate of drug-likeness (QED) is 0.729. The summed E-state index contributed by atoms with van der Waals surface area (Å²) in [5, 5.41) is 20.3. The lowest BCUT2D eigenvalue weighted by atomic mass is 9.55. The van der Waals surface area contributed by atoms with Crippen LogP contribution in [0.2, 0.25) is 0 Å². The normalized spacial score (nSPS) is 41.3. The van der Waals surface area contributed by atoms with Crippen LogP contribution in [0.4, 0.5) is 0 Å². The Morgan fingerprint density at radius 3 is 2.81 bits per heavy atom. The van der Waals surface area contributed by atoms with E-state index in [1.54, 1.807) is 0 Å². The van der Waals surface area contributed by atoms with E-state index in [9.17, 15) is 10.2 Å². The molecule has 1 aromatic carbocycles. The molecule has 2 fully saturated rings. The van der Waals surface area contributed by atoms with Gasteiger partial charge in [-0.25, -0.2) is 0 Å². The Bertz CT molecular complexity index is 585. The molecular formula is C18H23BrO2. The van der Waals surface area contributed by atoms with Crippen molar-refractivity contribution < 1.29 is 10.2 Å². The Morgan fingerprint density at radius 1 is 1.19 bits per heavy atom. The summed E-state index contributed by atoms with van der Waals surface area (Å²) in [6, 6.07) is 3.98. The number of hydrogen-bond acceptors (Lipinski definition) is 2. The van der Waals surface area contributed by atoms with Gasteiger partial charge in [0.05, 0.1) is 10.6 Å². The molecule has 21 heavy (non-hydrogen) atoms. The highest BCUT2D eigenvalue weighted by Crippen LogP contribution is 2.61. The molecule has 0 amide bonds. The van der Waals surface area contributed by atoms with Gasteiger partial charge in [0.15, 0.2) is 0 Å². The van der Waals surface area contributed by atoms with Gasteiger partial charge < -0.3 is 10.2 Å². The molecule has 2 N–H and O–H groups in total. The van der Waals surface area contributed by atoms with Gasteiger partial charge in [0.1, 0.15) is 5.75 Å². The zero-order chi connectivity index (χ0) is 14.8. The first-order valence-electron chi connectivity index (χ1n) is 8.20. The highest BCUT2D eigenvalue weighted by molar-refractivity contribution is 9.10. The highest BCUT2D eigenvalue weighted by Gasteiger charge is 2.54. The van der Waals surface area contributed by atoms with Crippen molar-refractivity contribution >= 4 is 15.9 Å². The maximum Gasteiger partial charge on any atom is 0.130 e. The summed E-state index contributed by atoms with van der Waals surface area (Å²) in [6.45, 7) is 2.31. The average Bonchev–Trinajstić information content (AvgIpc) is 2.78. The minimum Gasteiger partial charge on any atom is -0.507 e. The van der Waals surface area contributed by atoms with E-state index in [0.717, 1.165) is 23.7 Å². The van der Waals surface area contributed by atoms with Crippen LogP contribution < -0.4 is 0 Å². The lowest BCUT2D eigenvalue weighted by Gasteiger charge is -2.50. The molecule has 0 radical (unpaired) electrons. The summed E-state index contributed by atoms with van der Waals surface area (Å²) in [7, 11) is 0. The standard InChI is InChI=1S/C18H23BrO2/c1-18-9-8-11-10-4-6-15(20)17(19)13(10)3-2-12(11)14(18)5-7-16(18)21/h4,6,11-12,14,16,20-21H,2-3,5,7-9H2,1H3/t11-,12-,14+,16+,18+/m1/s1. The van der Waals surface area contributed by atoms with Gasteiger partial charge in [-0.05, 0) is 94.8 Å². The number of aromatic hydroxyl groups is 1. The van der Waals surface area contributed by atoms with Gasteiger partial charge in [0.2, 0.25) is 0 Å². The smallest absolute Gasteiger partial charge is 0.130 e. The summed E-state index contributed by atoms with van der Waals surface area (Å²) < 4.78 is 0.901. The van der Waals surface area contributed by atoms with Gasteiger partial charge in [0, 0.05) is 0 Å². The minimum atomic E-state index is -0.101. The second-order valence-electron chi connectivity index (χ2n) is 7.52. The molecule has 5 atom stereocenters. The number of hydrogen-bond donors (Lipinski definition) is 2. The lowest BCUT2D eigenvalue weighted by molar-refractivity contribution is -0.0226. The molecule has 0 spiro atoms. The van der Waals surface area contributed by atoms with Gasteiger partial charge in [0.25, 0.3) is 0 Å². The van der Waals surface area contributed by atoms with Crippen molar-refractivity contribution in [2.45, 2.75) is 57.5 Å². The van der Waals surface area contributed by atoms with E-state index >= 15 is 0 Å². The maximum atomic E-state index is 10.4. The molecule has 0 unspecified atom stereocenters. The molecule has 0 aromatic heterocycles. The number of phenolic OH excluding ortho intramolecular Hbond substituents is 1. The number of benzene rings is 1. The van der Waals surface area contributed by atoms with Crippen LogP contribution in [-0.4, -0.2) is 16.3 Å². The van der Waals surface area contributed by atoms with Crippen molar-refractivity contribution in [3.8, 4) is 5.75 Å². The number of rotatable bonds is 0. The minimum absolute atomic E-state index is 0.101. The van der Waals surface area contributed by atoms with Crippen molar-refractivity contribution in [2.75, 3.05) is 0 Å². The Kier molecular flexibility index (Phi) is 3.17. The van der Waals surface area contributed by atoms with Gasteiger partial charge in [-0.1, -0.05) is 13.0 Å². The fourth-order valence-electron chi connectivity index (χ4n) is 5.58. The second-order valence-corrected chi connectivity index (χ2v) is 8.31. The van der Waals surface area contributed by atoms with Gasteiger partial charge >= 0.3 is 0 Å². The summed E-state index contributed by atoms with van der Waals surface area (Å²) in [6.07, 6.45) is 6.64. The molecular weight excluding hydrogens is 328 g/mol. The third kappa shape index (κ3) is 1.86. The zero-order valence-electron chi connectivity index (χ0n) is 12.5. The van der Waals surface area contributed by atoms with E-state index in [2.05, 4.69) is 28.9 Å². The Labute approximate surface area is 134 Å². The average molecular weight is 351 g/mol. The van der Waals surface area contributed by atoms with Crippen LogP contribution >= 0.6 is 15.9 Å². The van der Waals surface area contributed by atoms with Crippen LogP contribution in [-0.2, 0) is 6.42 Å². The van der Waals surface area contributed by atoms with Crippen molar-refractivity contribution in [3.63, 3.8) is 0 Å².